The molecule has 1 saturated heterocycles. The SMILES string of the molecule is Nc1nc(Nc2ccc(Cl)c(Cl)c2)nc(N2C[C@H](N)C[C@H](N)C2)n1. The van der Waals surface area contributed by atoms with Crippen LogP contribution >= 0.6 is 23.2 Å². The van der Waals surface area contributed by atoms with Crippen LogP contribution in [0.5, 0.6) is 0 Å². The zero-order valence-electron chi connectivity index (χ0n) is 12.8. The smallest absolute Gasteiger partial charge is 0.233 e. The molecule has 3 rings (SSSR count). The number of hydrogen-bond acceptors (Lipinski definition) is 8. The number of halogens is 2. The molecule has 1 aromatic heterocycles. The van der Waals surface area contributed by atoms with Gasteiger partial charge in [0.25, 0.3) is 0 Å². The normalized spacial score (nSPS) is 20.9. The number of nitrogens with one attached hydrogen (secondary N) is 1. The van der Waals surface area contributed by atoms with Crippen molar-refractivity contribution >= 4 is 46.7 Å². The van der Waals surface area contributed by atoms with Gasteiger partial charge in [-0.3, -0.25) is 0 Å². The van der Waals surface area contributed by atoms with E-state index in [1.54, 1.807) is 18.2 Å². The van der Waals surface area contributed by atoms with E-state index in [1.165, 1.54) is 0 Å². The summed E-state index contributed by atoms with van der Waals surface area (Å²) in [4.78, 5) is 14.6. The lowest BCUT2D eigenvalue weighted by Gasteiger charge is -2.34. The van der Waals surface area contributed by atoms with Gasteiger partial charge in [-0.1, -0.05) is 23.2 Å². The summed E-state index contributed by atoms with van der Waals surface area (Å²) in [7, 11) is 0. The third kappa shape index (κ3) is 3.96. The molecule has 0 saturated carbocycles. The molecule has 1 aliphatic heterocycles. The fourth-order valence-corrected chi connectivity index (χ4v) is 2.92. The second-order valence-electron chi connectivity index (χ2n) is 5.73. The van der Waals surface area contributed by atoms with Gasteiger partial charge in [-0.05, 0) is 24.6 Å². The largest absolute Gasteiger partial charge is 0.368 e. The summed E-state index contributed by atoms with van der Waals surface area (Å²) in [6.07, 6.45) is 0.769. The molecule has 128 valence electrons. The number of rotatable bonds is 3. The second-order valence-corrected chi connectivity index (χ2v) is 6.55. The number of hydrogen-bond donors (Lipinski definition) is 4. The standard InChI is InChI=1S/C14H18Cl2N8/c15-10-2-1-9(4-11(10)16)20-13-21-12(19)22-14(23-13)24-5-7(17)3-8(18)6-24/h1-2,4,7-8H,3,5-6,17-18H2,(H3,19,20,21,22,23)/t7-,8+. The fourth-order valence-electron chi connectivity index (χ4n) is 2.62. The molecule has 0 unspecified atom stereocenters. The predicted octanol–water partition coefficient (Wildman–Crippen LogP) is 1.37. The zero-order valence-corrected chi connectivity index (χ0v) is 14.3. The van der Waals surface area contributed by atoms with Gasteiger partial charge in [-0.25, -0.2) is 0 Å². The van der Waals surface area contributed by atoms with Gasteiger partial charge in [0, 0.05) is 30.9 Å². The first-order chi connectivity index (χ1) is 11.4. The number of nitrogens with zero attached hydrogens (tertiary/aromatic N) is 4. The van der Waals surface area contributed by atoms with Crippen molar-refractivity contribution in [1.82, 2.24) is 15.0 Å². The quantitative estimate of drug-likeness (QED) is 0.638. The summed E-state index contributed by atoms with van der Waals surface area (Å²) in [5, 5.41) is 3.93. The van der Waals surface area contributed by atoms with Crippen molar-refractivity contribution in [3.05, 3.63) is 28.2 Å². The highest BCUT2D eigenvalue weighted by molar-refractivity contribution is 6.42. The van der Waals surface area contributed by atoms with Crippen LogP contribution in [0.25, 0.3) is 0 Å². The van der Waals surface area contributed by atoms with Crippen LogP contribution in [-0.4, -0.2) is 40.1 Å². The summed E-state index contributed by atoms with van der Waals surface area (Å²) >= 11 is 11.9. The van der Waals surface area contributed by atoms with Crippen LogP contribution in [0.15, 0.2) is 18.2 Å². The molecule has 10 heteroatoms. The minimum absolute atomic E-state index is 0.0294. The van der Waals surface area contributed by atoms with E-state index < -0.39 is 0 Å². The Balaban J connectivity index is 1.84. The number of anilines is 4. The minimum Gasteiger partial charge on any atom is -0.368 e. The fraction of sp³-hybridized carbons (Fsp3) is 0.357. The van der Waals surface area contributed by atoms with Crippen LogP contribution in [0.1, 0.15) is 6.42 Å². The number of benzene rings is 1. The van der Waals surface area contributed by atoms with Crippen LogP contribution in [0.3, 0.4) is 0 Å². The Bertz CT molecular complexity index is 731. The summed E-state index contributed by atoms with van der Waals surface area (Å²) in [6, 6.07) is 5.06. The molecule has 7 N–H and O–H groups in total. The monoisotopic (exact) mass is 368 g/mol. The van der Waals surface area contributed by atoms with Crippen LogP contribution in [0.2, 0.25) is 10.0 Å². The van der Waals surface area contributed by atoms with Gasteiger partial charge in [-0.2, -0.15) is 15.0 Å². The lowest BCUT2D eigenvalue weighted by Crippen LogP contribution is -2.52. The third-order valence-corrected chi connectivity index (χ3v) is 4.35. The van der Waals surface area contributed by atoms with Crippen LogP contribution in [0, 0.1) is 0 Å². The molecule has 0 bridgehead atoms. The molecule has 2 heterocycles. The van der Waals surface area contributed by atoms with Gasteiger partial charge in [-0.15, -0.1) is 0 Å². The Labute approximate surface area is 149 Å². The van der Waals surface area contributed by atoms with Crippen molar-refractivity contribution < 1.29 is 0 Å². The molecule has 1 fully saturated rings. The van der Waals surface area contributed by atoms with E-state index in [2.05, 4.69) is 20.3 Å². The van der Waals surface area contributed by atoms with E-state index in [1.807, 2.05) is 4.90 Å². The molecular formula is C14H18Cl2N8. The van der Waals surface area contributed by atoms with Crippen LogP contribution in [0.4, 0.5) is 23.5 Å². The van der Waals surface area contributed by atoms with Crippen LogP contribution < -0.4 is 27.4 Å². The molecule has 0 aliphatic carbocycles. The van der Waals surface area contributed by atoms with E-state index in [0.717, 1.165) is 6.42 Å². The van der Waals surface area contributed by atoms with Crippen molar-refractivity contribution in [3.63, 3.8) is 0 Å². The Morgan fingerprint density at radius 1 is 1.04 bits per heavy atom. The Kier molecular flexibility index (Phi) is 4.91. The lowest BCUT2D eigenvalue weighted by atomic mass is 10.0. The van der Waals surface area contributed by atoms with Crippen molar-refractivity contribution in [2.45, 2.75) is 18.5 Å². The maximum Gasteiger partial charge on any atom is 0.233 e. The highest BCUT2D eigenvalue weighted by Gasteiger charge is 2.25. The van der Waals surface area contributed by atoms with Gasteiger partial charge in [0.2, 0.25) is 17.8 Å². The molecule has 1 aliphatic rings. The molecule has 0 spiro atoms. The van der Waals surface area contributed by atoms with E-state index in [0.29, 0.717) is 40.7 Å². The molecule has 8 nitrogen and oxygen atoms in total. The lowest BCUT2D eigenvalue weighted by molar-refractivity contribution is 0.447. The summed E-state index contributed by atoms with van der Waals surface area (Å²) in [5.41, 5.74) is 18.5. The summed E-state index contributed by atoms with van der Waals surface area (Å²) in [5.74, 6) is 0.856. The van der Waals surface area contributed by atoms with Gasteiger partial charge in [0.15, 0.2) is 0 Å². The van der Waals surface area contributed by atoms with Crippen molar-refractivity contribution in [2.24, 2.45) is 11.5 Å². The zero-order chi connectivity index (χ0) is 17.3. The van der Waals surface area contributed by atoms with Gasteiger partial charge in [0.05, 0.1) is 10.0 Å². The maximum absolute atomic E-state index is 6.02. The number of nitrogen functional groups attached to an aromatic ring is 1. The first-order valence-electron chi connectivity index (χ1n) is 7.40. The minimum atomic E-state index is -0.0294. The van der Waals surface area contributed by atoms with E-state index >= 15 is 0 Å². The van der Waals surface area contributed by atoms with Crippen LogP contribution in [-0.2, 0) is 0 Å². The first kappa shape index (κ1) is 17.0. The highest BCUT2D eigenvalue weighted by atomic mass is 35.5. The molecule has 2 aromatic rings. The summed E-state index contributed by atoms with van der Waals surface area (Å²) < 4.78 is 0. The Morgan fingerprint density at radius 2 is 1.75 bits per heavy atom. The molecule has 0 amide bonds. The van der Waals surface area contributed by atoms with Gasteiger partial charge in [0.1, 0.15) is 0 Å². The Hall–Kier alpha value is -1.87. The van der Waals surface area contributed by atoms with E-state index in [-0.39, 0.29) is 18.0 Å². The van der Waals surface area contributed by atoms with Crippen molar-refractivity contribution in [1.29, 1.82) is 0 Å². The Morgan fingerprint density at radius 3 is 2.42 bits per heavy atom. The maximum atomic E-state index is 6.02. The molecule has 1 aromatic carbocycles. The number of nitrogens with two attached hydrogens (primary N) is 3. The van der Waals surface area contributed by atoms with Crippen molar-refractivity contribution in [3.8, 4) is 0 Å². The summed E-state index contributed by atoms with van der Waals surface area (Å²) in [6.45, 7) is 1.23. The third-order valence-electron chi connectivity index (χ3n) is 3.61. The molecule has 0 radical (unpaired) electrons. The van der Waals surface area contributed by atoms with E-state index in [9.17, 15) is 0 Å². The predicted molar refractivity (Wildman–Crippen MR) is 96.8 cm³/mol. The molecule has 2 atom stereocenters. The first-order valence-corrected chi connectivity index (χ1v) is 8.16. The number of piperidine rings is 1. The highest BCUT2D eigenvalue weighted by Crippen LogP contribution is 2.26. The topological polar surface area (TPSA) is 132 Å². The molecular weight excluding hydrogens is 351 g/mol. The average Bonchev–Trinajstić information content (AvgIpc) is 2.49. The average molecular weight is 369 g/mol. The number of aromatic nitrogens is 3. The second kappa shape index (κ2) is 6.94. The van der Waals surface area contributed by atoms with Crippen molar-refractivity contribution in [2.75, 3.05) is 29.0 Å². The van der Waals surface area contributed by atoms with E-state index in [4.69, 9.17) is 40.4 Å². The van der Waals surface area contributed by atoms with Gasteiger partial charge >= 0.3 is 0 Å². The molecule has 24 heavy (non-hydrogen) atoms. The van der Waals surface area contributed by atoms with Gasteiger partial charge < -0.3 is 27.4 Å².